The summed E-state index contributed by atoms with van der Waals surface area (Å²) in [5.74, 6) is 1.10. The highest BCUT2D eigenvalue weighted by molar-refractivity contribution is 8.01. The van der Waals surface area contributed by atoms with E-state index in [2.05, 4.69) is 9.97 Å². The van der Waals surface area contributed by atoms with Crippen molar-refractivity contribution in [1.29, 1.82) is 0 Å². The molecule has 3 heterocycles. The zero-order chi connectivity index (χ0) is 17.8. The fourth-order valence-corrected chi connectivity index (χ4v) is 4.76. The Morgan fingerprint density at radius 3 is 3.04 bits per heavy atom. The van der Waals surface area contributed by atoms with Gasteiger partial charge in [0.15, 0.2) is 4.34 Å². The second-order valence-electron chi connectivity index (χ2n) is 6.10. The van der Waals surface area contributed by atoms with Gasteiger partial charge in [-0.1, -0.05) is 11.8 Å². The number of hydrogen-bond acceptors (Lipinski definition) is 6. The molecule has 0 radical (unpaired) electrons. The SMILES string of the molecule is Cc1csc(SCC(=O)N2CCC[C@@H](c3nccn3CC(N)=O)C2)n1. The molecule has 25 heavy (non-hydrogen) atoms. The lowest BCUT2D eigenvalue weighted by atomic mass is 9.97. The van der Waals surface area contributed by atoms with Crippen LogP contribution < -0.4 is 5.73 Å². The van der Waals surface area contributed by atoms with Gasteiger partial charge in [0, 0.05) is 42.5 Å². The van der Waals surface area contributed by atoms with Crippen LogP contribution in [0.4, 0.5) is 0 Å². The number of likely N-dealkylation sites (tertiary alicyclic amines) is 1. The number of aryl methyl sites for hydroxylation is 1. The number of carbonyl (C=O) groups is 2. The van der Waals surface area contributed by atoms with E-state index in [1.54, 1.807) is 28.3 Å². The molecule has 2 aromatic rings. The Morgan fingerprint density at radius 1 is 1.48 bits per heavy atom. The number of nitrogens with zero attached hydrogens (tertiary/aromatic N) is 4. The van der Waals surface area contributed by atoms with Crippen LogP contribution in [-0.4, -0.2) is 50.1 Å². The highest BCUT2D eigenvalue weighted by Gasteiger charge is 2.27. The second-order valence-corrected chi connectivity index (χ2v) is 8.18. The number of nitrogens with two attached hydrogens (primary N) is 1. The lowest BCUT2D eigenvalue weighted by Gasteiger charge is -2.32. The number of thioether (sulfide) groups is 1. The van der Waals surface area contributed by atoms with Gasteiger partial charge in [0.05, 0.1) is 5.75 Å². The third kappa shape index (κ3) is 4.60. The summed E-state index contributed by atoms with van der Waals surface area (Å²) >= 11 is 3.06. The molecule has 0 aromatic carbocycles. The summed E-state index contributed by atoms with van der Waals surface area (Å²) in [6.07, 6.45) is 5.33. The molecule has 1 fully saturated rings. The number of rotatable bonds is 6. The summed E-state index contributed by atoms with van der Waals surface area (Å²) in [7, 11) is 0. The van der Waals surface area contributed by atoms with Gasteiger partial charge in [-0.25, -0.2) is 9.97 Å². The largest absolute Gasteiger partial charge is 0.368 e. The van der Waals surface area contributed by atoms with E-state index in [0.29, 0.717) is 12.3 Å². The maximum absolute atomic E-state index is 12.5. The molecule has 2 aromatic heterocycles. The molecule has 0 spiro atoms. The van der Waals surface area contributed by atoms with Crippen LogP contribution in [0.2, 0.25) is 0 Å². The molecule has 2 N–H and O–H groups in total. The minimum absolute atomic E-state index is 0.121. The van der Waals surface area contributed by atoms with Crippen LogP contribution >= 0.6 is 23.1 Å². The zero-order valence-electron chi connectivity index (χ0n) is 14.1. The van der Waals surface area contributed by atoms with Gasteiger partial charge < -0.3 is 15.2 Å². The minimum Gasteiger partial charge on any atom is -0.368 e. The van der Waals surface area contributed by atoms with Crippen LogP contribution in [0.15, 0.2) is 22.1 Å². The zero-order valence-corrected chi connectivity index (χ0v) is 15.7. The first-order chi connectivity index (χ1) is 12.0. The maximum atomic E-state index is 12.5. The topological polar surface area (TPSA) is 94.1 Å². The van der Waals surface area contributed by atoms with E-state index in [9.17, 15) is 9.59 Å². The van der Waals surface area contributed by atoms with E-state index in [4.69, 9.17) is 5.73 Å². The molecule has 1 atom stereocenters. The number of carbonyl (C=O) groups excluding carboxylic acids is 2. The van der Waals surface area contributed by atoms with Crippen molar-refractivity contribution in [3.63, 3.8) is 0 Å². The van der Waals surface area contributed by atoms with Crippen LogP contribution in [0.25, 0.3) is 0 Å². The quantitative estimate of drug-likeness (QED) is 0.770. The van der Waals surface area contributed by atoms with Crippen molar-refractivity contribution < 1.29 is 9.59 Å². The summed E-state index contributed by atoms with van der Waals surface area (Å²) in [4.78, 5) is 34.4. The predicted molar refractivity (Wildman–Crippen MR) is 97.6 cm³/mol. The smallest absolute Gasteiger partial charge is 0.237 e. The Bertz CT molecular complexity index is 757. The van der Waals surface area contributed by atoms with Crippen LogP contribution in [-0.2, 0) is 16.1 Å². The summed E-state index contributed by atoms with van der Waals surface area (Å²) < 4.78 is 2.71. The van der Waals surface area contributed by atoms with E-state index in [-0.39, 0.29) is 18.4 Å². The predicted octanol–water partition coefficient (Wildman–Crippen LogP) is 1.63. The fourth-order valence-electron chi connectivity index (χ4n) is 3.01. The van der Waals surface area contributed by atoms with E-state index in [1.165, 1.54) is 11.8 Å². The summed E-state index contributed by atoms with van der Waals surface area (Å²) in [6.45, 7) is 3.47. The second kappa shape index (κ2) is 8.01. The highest BCUT2D eigenvalue weighted by atomic mass is 32.2. The first-order valence-electron chi connectivity index (χ1n) is 8.15. The molecule has 1 aliphatic heterocycles. The molecule has 134 valence electrons. The van der Waals surface area contributed by atoms with Gasteiger partial charge in [-0.2, -0.15) is 0 Å². The van der Waals surface area contributed by atoms with E-state index in [1.807, 2.05) is 17.2 Å². The van der Waals surface area contributed by atoms with Gasteiger partial charge in [-0.05, 0) is 19.8 Å². The average Bonchev–Trinajstić information content (AvgIpc) is 3.21. The first kappa shape index (κ1) is 17.9. The lowest BCUT2D eigenvalue weighted by molar-refractivity contribution is -0.129. The summed E-state index contributed by atoms with van der Waals surface area (Å²) in [5, 5.41) is 1.99. The third-order valence-corrected chi connectivity index (χ3v) is 6.25. The van der Waals surface area contributed by atoms with Gasteiger partial charge >= 0.3 is 0 Å². The monoisotopic (exact) mass is 379 g/mol. The molecule has 2 amide bonds. The van der Waals surface area contributed by atoms with Gasteiger partial charge in [0.2, 0.25) is 11.8 Å². The van der Waals surface area contributed by atoms with Crippen molar-refractivity contribution in [3.8, 4) is 0 Å². The molecule has 1 aliphatic rings. The number of amides is 2. The van der Waals surface area contributed by atoms with Crippen LogP contribution in [0, 0.1) is 6.92 Å². The van der Waals surface area contributed by atoms with E-state index in [0.717, 1.165) is 35.2 Å². The first-order valence-corrected chi connectivity index (χ1v) is 10.0. The molecule has 1 saturated heterocycles. The Balaban J connectivity index is 1.60. The van der Waals surface area contributed by atoms with Crippen molar-refractivity contribution >= 4 is 34.9 Å². The number of hydrogen-bond donors (Lipinski definition) is 1. The normalized spacial score (nSPS) is 17.6. The van der Waals surface area contributed by atoms with Gasteiger partial charge in [0.25, 0.3) is 0 Å². The van der Waals surface area contributed by atoms with E-state index >= 15 is 0 Å². The molecule has 0 bridgehead atoms. The number of imidazole rings is 1. The molecule has 0 aliphatic carbocycles. The van der Waals surface area contributed by atoms with Crippen molar-refractivity contribution in [2.45, 2.75) is 36.6 Å². The number of piperidine rings is 1. The summed E-state index contributed by atoms with van der Waals surface area (Å²) in [5.41, 5.74) is 6.28. The van der Waals surface area contributed by atoms with Crippen molar-refractivity contribution in [1.82, 2.24) is 19.4 Å². The van der Waals surface area contributed by atoms with Gasteiger partial charge in [-0.3, -0.25) is 9.59 Å². The highest BCUT2D eigenvalue weighted by Crippen LogP contribution is 2.27. The van der Waals surface area contributed by atoms with Crippen LogP contribution in [0.5, 0.6) is 0 Å². The minimum atomic E-state index is -0.391. The molecule has 0 unspecified atom stereocenters. The number of thiazole rings is 1. The number of primary amides is 1. The van der Waals surface area contributed by atoms with Crippen molar-refractivity contribution in [2.24, 2.45) is 5.73 Å². The van der Waals surface area contributed by atoms with Crippen LogP contribution in [0.1, 0.15) is 30.3 Å². The van der Waals surface area contributed by atoms with Gasteiger partial charge in [-0.15, -0.1) is 11.3 Å². The van der Waals surface area contributed by atoms with Crippen LogP contribution in [0.3, 0.4) is 0 Å². The Kier molecular flexibility index (Phi) is 5.74. The fraction of sp³-hybridized carbons (Fsp3) is 0.500. The molecular weight excluding hydrogens is 358 g/mol. The summed E-state index contributed by atoms with van der Waals surface area (Å²) in [6, 6.07) is 0. The van der Waals surface area contributed by atoms with Crippen molar-refractivity contribution in [3.05, 3.63) is 29.3 Å². The Morgan fingerprint density at radius 2 is 2.32 bits per heavy atom. The third-order valence-electron chi connectivity index (χ3n) is 4.13. The number of aromatic nitrogens is 3. The Hall–Kier alpha value is -1.87. The standard InChI is InChI=1S/C16H21N5O2S2/c1-11-9-24-16(19-11)25-10-14(23)20-5-2-3-12(7-20)15-18-4-6-21(15)8-13(17)22/h4,6,9,12H,2-3,5,7-8,10H2,1H3,(H2,17,22)/t12-/m1/s1. The molecule has 0 saturated carbocycles. The Labute approximate surface area is 154 Å². The average molecular weight is 380 g/mol. The molecule has 9 heteroatoms. The molecule has 3 rings (SSSR count). The van der Waals surface area contributed by atoms with Gasteiger partial charge in [0.1, 0.15) is 12.4 Å². The van der Waals surface area contributed by atoms with Crippen molar-refractivity contribution in [2.75, 3.05) is 18.8 Å². The van der Waals surface area contributed by atoms with E-state index < -0.39 is 5.91 Å². The molecular formula is C16H21N5O2S2. The maximum Gasteiger partial charge on any atom is 0.237 e. The molecule has 7 nitrogen and oxygen atoms in total. The lowest BCUT2D eigenvalue weighted by Crippen LogP contribution is -2.40.